The Kier molecular flexibility index (Phi) is 5.96. The Labute approximate surface area is 134 Å². The highest BCUT2D eigenvalue weighted by molar-refractivity contribution is 5.98. The number of para-hydroxylation sites is 1. The number of nitrogens with one attached hydrogen (secondary N) is 3. The number of hydrogen-bond donors (Lipinski definition) is 3. The van der Waals surface area contributed by atoms with Crippen molar-refractivity contribution in [3.8, 4) is 0 Å². The van der Waals surface area contributed by atoms with Crippen molar-refractivity contribution < 1.29 is 19.1 Å². The van der Waals surface area contributed by atoms with E-state index in [2.05, 4.69) is 20.7 Å². The van der Waals surface area contributed by atoms with Crippen molar-refractivity contribution in [2.45, 2.75) is 31.7 Å². The first kappa shape index (κ1) is 16.8. The van der Waals surface area contributed by atoms with Gasteiger partial charge in [0.15, 0.2) is 0 Å². The zero-order chi connectivity index (χ0) is 16.7. The van der Waals surface area contributed by atoms with Crippen LogP contribution in [0.3, 0.4) is 0 Å². The highest BCUT2D eigenvalue weighted by Crippen LogP contribution is 2.17. The molecule has 7 heteroatoms. The second-order valence-corrected chi connectivity index (χ2v) is 5.39. The van der Waals surface area contributed by atoms with Gasteiger partial charge in [-0.2, -0.15) is 0 Å². The summed E-state index contributed by atoms with van der Waals surface area (Å²) in [4.78, 5) is 35.1. The minimum atomic E-state index is -0.493. The molecule has 0 spiro atoms. The number of rotatable bonds is 5. The number of ether oxygens (including phenoxy) is 1. The standard InChI is InChI=1S/C16H21N3O4/c1-23-15(21)12-8-4-5-9-13(12)17-10-14(20)19-16(22)18-11-6-2-3-7-11/h4-5,8-9,11,17H,2-3,6-7,10H2,1H3,(H2,18,19,20,22). The fourth-order valence-corrected chi connectivity index (χ4v) is 2.56. The minimum absolute atomic E-state index is 0.119. The van der Waals surface area contributed by atoms with Gasteiger partial charge in [0.25, 0.3) is 0 Å². The van der Waals surface area contributed by atoms with Crippen LogP contribution in [0.5, 0.6) is 0 Å². The van der Waals surface area contributed by atoms with E-state index in [0.29, 0.717) is 11.3 Å². The number of anilines is 1. The van der Waals surface area contributed by atoms with Crippen LogP contribution in [0.4, 0.5) is 10.5 Å². The zero-order valence-electron chi connectivity index (χ0n) is 13.1. The van der Waals surface area contributed by atoms with Crippen molar-refractivity contribution in [1.82, 2.24) is 10.6 Å². The van der Waals surface area contributed by atoms with Gasteiger partial charge in [-0.25, -0.2) is 9.59 Å². The van der Waals surface area contributed by atoms with E-state index in [4.69, 9.17) is 0 Å². The molecule has 0 atom stereocenters. The van der Waals surface area contributed by atoms with Gasteiger partial charge in [0, 0.05) is 11.7 Å². The summed E-state index contributed by atoms with van der Waals surface area (Å²) >= 11 is 0. The number of methoxy groups -OCH3 is 1. The number of carbonyl (C=O) groups is 3. The van der Waals surface area contributed by atoms with Crippen LogP contribution in [0, 0.1) is 0 Å². The smallest absolute Gasteiger partial charge is 0.339 e. The maximum atomic E-state index is 11.8. The molecule has 2 rings (SSSR count). The van der Waals surface area contributed by atoms with Crippen LogP contribution in [0.2, 0.25) is 0 Å². The van der Waals surface area contributed by atoms with Crippen molar-refractivity contribution in [2.75, 3.05) is 19.0 Å². The second-order valence-electron chi connectivity index (χ2n) is 5.39. The number of imide groups is 1. The molecular formula is C16H21N3O4. The predicted octanol–water partition coefficient (Wildman–Crippen LogP) is 1.65. The van der Waals surface area contributed by atoms with Gasteiger partial charge < -0.3 is 15.4 Å². The maximum Gasteiger partial charge on any atom is 0.339 e. The van der Waals surface area contributed by atoms with Crippen LogP contribution in [-0.4, -0.2) is 37.6 Å². The molecule has 0 aromatic heterocycles. The van der Waals surface area contributed by atoms with E-state index in [1.54, 1.807) is 24.3 Å². The third kappa shape index (κ3) is 4.98. The number of benzene rings is 1. The molecule has 0 bridgehead atoms. The van der Waals surface area contributed by atoms with Crippen molar-refractivity contribution in [3.05, 3.63) is 29.8 Å². The topological polar surface area (TPSA) is 96.5 Å². The summed E-state index contributed by atoms with van der Waals surface area (Å²) in [5.74, 6) is -0.965. The van der Waals surface area contributed by atoms with E-state index < -0.39 is 17.9 Å². The van der Waals surface area contributed by atoms with E-state index in [1.807, 2.05) is 0 Å². The summed E-state index contributed by atoms with van der Waals surface area (Å²) in [6.07, 6.45) is 4.11. The molecule has 3 N–H and O–H groups in total. The monoisotopic (exact) mass is 319 g/mol. The third-order valence-electron chi connectivity index (χ3n) is 3.72. The molecule has 3 amide bonds. The summed E-state index contributed by atoms with van der Waals surface area (Å²) in [7, 11) is 1.29. The average molecular weight is 319 g/mol. The molecule has 0 aliphatic heterocycles. The number of carbonyl (C=O) groups excluding carboxylic acids is 3. The van der Waals surface area contributed by atoms with Gasteiger partial charge in [-0.15, -0.1) is 0 Å². The molecule has 1 aromatic rings. The number of amides is 3. The van der Waals surface area contributed by atoms with Crippen molar-refractivity contribution >= 4 is 23.6 Å². The normalized spacial score (nSPS) is 14.1. The summed E-state index contributed by atoms with van der Waals surface area (Å²) in [5, 5.41) is 7.88. The highest BCUT2D eigenvalue weighted by atomic mass is 16.5. The lowest BCUT2D eigenvalue weighted by Crippen LogP contribution is -2.45. The van der Waals surface area contributed by atoms with Gasteiger partial charge in [-0.05, 0) is 25.0 Å². The Morgan fingerprint density at radius 3 is 2.57 bits per heavy atom. The van der Waals surface area contributed by atoms with Crippen molar-refractivity contribution in [1.29, 1.82) is 0 Å². The Morgan fingerprint density at radius 2 is 1.87 bits per heavy atom. The first-order chi connectivity index (χ1) is 11.1. The summed E-state index contributed by atoms with van der Waals surface area (Å²) in [5.41, 5.74) is 0.809. The lowest BCUT2D eigenvalue weighted by Gasteiger charge is -2.13. The Morgan fingerprint density at radius 1 is 1.17 bits per heavy atom. The van der Waals surface area contributed by atoms with E-state index in [-0.39, 0.29) is 12.6 Å². The van der Waals surface area contributed by atoms with E-state index in [0.717, 1.165) is 25.7 Å². The Balaban J connectivity index is 1.82. The minimum Gasteiger partial charge on any atom is -0.465 e. The second kappa shape index (κ2) is 8.17. The lowest BCUT2D eigenvalue weighted by atomic mass is 10.2. The predicted molar refractivity (Wildman–Crippen MR) is 85.2 cm³/mol. The van der Waals surface area contributed by atoms with Crippen LogP contribution < -0.4 is 16.0 Å². The molecule has 7 nitrogen and oxygen atoms in total. The van der Waals surface area contributed by atoms with Gasteiger partial charge in [-0.3, -0.25) is 10.1 Å². The van der Waals surface area contributed by atoms with Crippen molar-refractivity contribution in [3.63, 3.8) is 0 Å². The van der Waals surface area contributed by atoms with E-state index in [9.17, 15) is 14.4 Å². The first-order valence-corrected chi connectivity index (χ1v) is 7.61. The van der Waals surface area contributed by atoms with Gasteiger partial charge in [0.1, 0.15) is 0 Å². The molecule has 1 aliphatic rings. The van der Waals surface area contributed by atoms with Crippen LogP contribution in [0.1, 0.15) is 36.0 Å². The molecule has 1 saturated carbocycles. The van der Waals surface area contributed by atoms with Crippen LogP contribution in [0.15, 0.2) is 24.3 Å². The summed E-state index contributed by atoms with van der Waals surface area (Å²) in [6, 6.07) is 6.36. The average Bonchev–Trinajstić information content (AvgIpc) is 3.05. The lowest BCUT2D eigenvalue weighted by molar-refractivity contribution is -0.118. The highest BCUT2D eigenvalue weighted by Gasteiger charge is 2.18. The molecule has 1 aromatic carbocycles. The van der Waals surface area contributed by atoms with Gasteiger partial charge in [0.2, 0.25) is 5.91 Å². The van der Waals surface area contributed by atoms with Crippen molar-refractivity contribution in [2.24, 2.45) is 0 Å². The third-order valence-corrected chi connectivity index (χ3v) is 3.72. The number of hydrogen-bond acceptors (Lipinski definition) is 5. The molecule has 1 aliphatic carbocycles. The maximum absolute atomic E-state index is 11.8. The van der Waals surface area contributed by atoms with E-state index in [1.165, 1.54) is 7.11 Å². The SMILES string of the molecule is COC(=O)c1ccccc1NCC(=O)NC(=O)NC1CCCC1. The fourth-order valence-electron chi connectivity index (χ4n) is 2.56. The molecular weight excluding hydrogens is 298 g/mol. The quantitative estimate of drug-likeness (QED) is 0.717. The molecule has 0 radical (unpaired) electrons. The van der Waals surface area contributed by atoms with Crippen LogP contribution in [-0.2, 0) is 9.53 Å². The fraction of sp³-hybridized carbons (Fsp3) is 0.438. The molecule has 1 fully saturated rings. The summed E-state index contributed by atoms with van der Waals surface area (Å²) < 4.78 is 4.68. The molecule has 0 heterocycles. The Hall–Kier alpha value is -2.57. The largest absolute Gasteiger partial charge is 0.465 e. The Bertz CT molecular complexity index is 582. The molecule has 23 heavy (non-hydrogen) atoms. The van der Waals surface area contributed by atoms with Gasteiger partial charge in [0.05, 0.1) is 19.2 Å². The van der Waals surface area contributed by atoms with Crippen LogP contribution >= 0.6 is 0 Å². The zero-order valence-corrected chi connectivity index (χ0v) is 13.1. The number of urea groups is 1. The summed E-state index contributed by atoms with van der Waals surface area (Å²) in [6.45, 7) is -0.119. The first-order valence-electron chi connectivity index (χ1n) is 7.61. The molecule has 0 unspecified atom stereocenters. The van der Waals surface area contributed by atoms with E-state index >= 15 is 0 Å². The molecule has 0 saturated heterocycles. The molecule has 124 valence electrons. The van der Waals surface area contributed by atoms with Gasteiger partial charge >= 0.3 is 12.0 Å². The van der Waals surface area contributed by atoms with Crippen LogP contribution in [0.25, 0.3) is 0 Å². The number of esters is 1. The van der Waals surface area contributed by atoms with Gasteiger partial charge in [-0.1, -0.05) is 25.0 Å².